The van der Waals surface area contributed by atoms with Crippen molar-refractivity contribution in [2.75, 3.05) is 18.1 Å². The number of halogens is 11. The average molecular weight is 503 g/mol. The molecule has 0 aromatic heterocycles. The number of ether oxygens (including phenoxy) is 1. The molecule has 2 atom stereocenters. The first-order chi connectivity index (χ1) is 13.8. The third-order valence-corrected chi connectivity index (χ3v) is 7.98. The Hall–Kier alpha value is -1.55. The van der Waals surface area contributed by atoms with Crippen molar-refractivity contribution in [3.63, 3.8) is 0 Å². The van der Waals surface area contributed by atoms with Crippen LogP contribution in [0.3, 0.4) is 0 Å². The highest BCUT2D eigenvalue weighted by molar-refractivity contribution is 8.30. The van der Waals surface area contributed by atoms with Gasteiger partial charge in [0.25, 0.3) is 0 Å². The molecule has 0 aromatic rings. The lowest BCUT2D eigenvalue weighted by molar-refractivity contribution is -0.294. The lowest BCUT2D eigenvalue weighted by Gasteiger charge is -2.48. The van der Waals surface area contributed by atoms with E-state index in [1.807, 2.05) is 0 Å². The normalized spacial score (nSPS) is 26.0. The molecule has 31 heavy (non-hydrogen) atoms. The fourth-order valence-electron chi connectivity index (χ4n) is 2.68. The second kappa shape index (κ2) is 8.77. The molecule has 0 aliphatic carbocycles. The Morgan fingerprint density at radius 2 is 1.55 bits per heavy atom. The van der Waals surface area contributed by atoms with Crippen LogP contribution in [0.2, 0.25) is 0 Å². The summed E-state index contributed by atoms with van der Waals surface area (Å²) in [6, 6.07) is 0. The minimum absolute atomic E-state index is 0.479. The Kier molecular flexibility index (Phi) is 7.77. The van der Waals surface area contributed by atoms with Crippen molar-refractivity contribution in [3.05, 3.63) is 4.91 Å². The molecule has 1 saturated heterocycles. The molecule has 1 aliphatic heterocycles. The van der Waals surface area contributed by atoms with Crippen LogP contribution in [-0.2, 0) is 13.8 Å². The highest BCUT2D eigenvalue weighted by Crippen LogP contribution is 2.72. The van der Waals surface area contributed by atoms with E-state index >= 15 is 0 Å². The van der Waals surface area contributed by atoms with Crippen LogP contribution < -0.4 is 0 Å². The van der Waals surface area contributed by atoms with Gasteiger partial charge in [-0.05, 0) is 12.8 Å². The second-order valence-corrected chi connectivity index (χ2v) is 9.66. The molecule has 0 amide bonds. The van der Waals surface area contributed by atoms with Crippen molar-refractivity contribution in [3.8, 4) is 0 Å². The van der Waals surface area contributed by atoms with Crippen molar-refractivity contribution in [2.24, 2.45) is 11.3 Å². The van der Waals surface area contributed by atoms with E-state index < -0.39 is 88.8 Å². The summed E-state index contributed by atoms with van der Waals surface area (Å²) in [5, 5.41) is -4.08. The topological polar surface area (TPSA) is 65.0 Å². The van der Waals surface area contributed by atoms with E-state index in [1.165, 1.54) is 0 Å². The molecule has 17 heteroatoms. The van der Waals surface area contributed by atoms with Gasteiger partial charge in [0.1, 0.15) is 0 Å². The van der Waals surface area contributed by atoms with Crippen LogP contribution in [0.25, 0.3) is 0 Å². The van der Waals surface area contributed by atoms with Crippen LogP contribution in [-0.4, -0.2) is 53.3 Å². The Labute approximate surface area is 169 Å². The van der Waals surface area contributed by atoms with Crippen molar-refractivity contribution in [1.29, 1.82) is 0 Å². The molecule has 1 aliphatic rings. The summed E-state index contributed by atoms with van der Waals surface area (Å²) in [7, 11) is -4.91. The van der Waals surface area contributed by atoms with E-state index in [0.717, 1.165) is 0 Å². The predicted molar refractivity (Wildman–Crippen MR) is 84.0 cm³/mol. The van der Waals surface area contributed by atoms with Crippen LogP contribution in [0.15, 0.2) is 5.34 Å². The summed E-state index contributed by atoms with van der Waals surface area (Å²) in [5.41, 5.74) is 0. The lowest BCUT2D eigenvalue weighted by atomic mass is 10.1. The molecular weight excluding hydrogens is 487 g/mol. The zero-order valence-corrected chi connectivity index (χ0v) is 16.3. The molecular formula is C14H16F11NO4S. The van der Waals surface area contributed by atoms with Gasteiger partial charge in [0, 0.05) is 28.2 Å². The number of nitrogens with zero attached hydrogens (tertiary/aromatic N) is 1. The standard InChI is InChI=1S/C14H16F11NO4S/c1-2-10(15,16)12(19,20)14(24,25)31(30-26-28)5-3-4-8(6-31)9(27)29-7-11(17,18)13(21,22)23/h8H,2-7H2,1H3. The molecule has 5 nitrogen and oxygen atoms in total. The number of hydrogen-bond donors (Lipinski definition) is 0. The van der Waals surface area contributed by atoms with Gasteiger partial charge in [-0.2, -0.15) is 48.3 Å². The van der Waals surface area contributed by atoms with Gasteiger partial charge in [0.05, 0.1) is 5.92 Å². The number of rotatable bonds is 9. The summed E-state index contributed by atoms with van der Waals surface area (Å²) in [6.07, 6.45) is -8.99. The van der Waals surface area contributed by atoms with Gasteiger partial charge >= 0.3 is 35.2 Å². The van der Waals surface area contributed by atoms with Crippen molar-refractivity contribution in [1.82, 2.24) is 0 Å². The zero-order valence-electron chi connectivity index (χ0n) is 15.5. The fraction of sp³-hybridized carbons (Fsp3) is 0.929. The quantitative estimate of drug-likeness (QED) is 0.172. The summed E-state index contributed by atoms with van der Waals surface area (Å²) in [5.74, 6) is -23.4. The van der Waals surface area contributed by atoms with Gasteiger partial charge in [-0.25, -0.2) is 0 Å². The maximum absolute atomic E-state index is 14.6. The first-order valence-corrected chi connectivity index (χ1v) is 10.3. The largest absolute Gasteiger partial charge is 0.459 e. The molecule has 0 N–H and O–H groups in total. The second-order valence-electron chi connectivity index (χ2n) is 6.63. The summed E-state index contributed by atoms with van der Waals surface area (Å²) < 4.78 is 154. The molecule has 184 valence electrons. The number of hydrogen-bond acceptors (Lipinski definition) is 5. The Bertz CT molecular complexity index is 673. The summed E-state index contributed by atoms with van der Waals surface area (Å²) in [4.78, 5) is 22.3. The van der Waals surface area contributed by atoms with E-state index in [0.29, 0.717) is 6.92 Å². The molecule has 0 bridgehead atoms. The summed E-state index contributed by atoms with van der Waals surface area (Å²) in [6.45, 7) is -2.05. The lowest BCUT2D eigenvalue weighted by Crippen LogP contribution is -2.58. The highest BCUT2D eigenvalue weighted by atomic mass is 32.3. The van der Waals surface area contributed by atoms with E-state index in [9.17, 15) is 58.0 Å². The maximum Gasteiger partial charge on any atom is 0.456 e. The Morgan fingerprint density at radius 1 is 1.00 bits per heavy atom. The van der Waals surface area contributed by atoms with E-state index in [2.05, 4.69) is 9.02 Å². The Morgan fingerprint density at radius 3 is 2.00 bits per heavy atom. The van der Waals surface area contributed by atoms with Gasteiger partial charge in [0.2, 0.25) is 0 Å². The van der Waals surface area contributed by atoms with E-state index in [-0.39, 0.29) is 0 Å². The average Bonchev–Trinajstić information content (AvgIpc) is 2.65. The molecule has 1 fully saturated rings. The molecule has 0 spiro atoms. The molecule has 1 heterocycles. The zero-order chi connectivity index (χ0) is 24.5. The minimum atomic E-state index is -6.11. The van der Waals surface area contributed by atoms with E-state index in [1.54, 1.807) is 5.34 Å². The van der Waals surface area contributed by atoms with Crippen LogP contribution in [0.4, 0.5) is 48.3 Å². The van der Waals surface area contributed by atoms with Gasteiger partial charge in [0.15, 0.2) is 11.9 Å². The molecule has 0 saturated carbocycles. The van der Waals surface area contributed by atoms with Crippen molar-refractivity contribution in [2.45, 2.75) is 55.4 Å². The number of esters is 1. The fourth-order valence-corrected chi connectivity index (χ4v) is 5.86. The molecule has 0 aromatic carbocycles. The predicted octanol–water partition coefficient (Wildman–Crippen LogP) is 5.83. The van der Waals surface area contributed by atoms with Gasteiger partial charge < -0.3 is 9.02 Å². The SMILES string of the molecule is CCC(F)(F)C(F)(F)C(F)(F)S1(ON=O)CCCC(C(=O)OCC(F)(F)C(F)(F)F)C1. The van der Waals surface area contributed by atoms with Crippen molar-refractivity contribution >= 4 is 16.3 Å². The third kappa shape index (κ3) is 4.94. The molecule has 1 rings (SSSR count). The van der Waals surface area contributed by atoms with Crippen molar-refractivity contribution < 1.29 is 62.1 Å². The van der Waals surface area contributed by atoms with Gasteiger partial charge in [-0.15, -0.1) is 4.91 Å². The first kappa shape index (κ1) is 27.5. The monoisotopic (exact) mass is 503 g/mol. The summed E-state index contributed by atoms with van der Waals surface area (Å²) >= 11 is 0. The van der Waals surface area contributed by atoms with Gasteiger partial charge in [-0.1, -0.05) is 6.92 Å². The number of alkyl halides is 11. The molecule has 0 radical (unpaired) electrons. The minimum Gasteiger partial charge on any atom is -0.459 e. The van der Waals surface area contributed by atoms with Crippen LogP contribution >= 0.6 is 10.3 Å². The van der Waals surface area contributed by atoms with Gasteiger partial charge in [-0.3, -0.25) is 4.79 Å². The smallest absolute Gasteiger partial charge is 0.456 e. The third-order valence-electron chi connectivity index (χ3n) is 4.55. The van der Waals surface area contributed by atoms with E-state index in [4.69, 9.17) is 0 Å². The Balaban J connectivity index is 3.19. The van der Waals surface area contributed by atoms with Crippen LogP contribution in [0, 0.1) is 10.8 Å². The first-order valence-electron chi connectivity index (χ1n) is 8.36. The maximum atomic E-state index is 14.6. The van der Waals surface area contributed by atoms with Crippen LogP contribution in [0.1, 0.15) is 26.2 Å². The molecule has 2 unspecified atom stereocenters. The number of carbonyl (C=O) groups excluding carboxylic acids is 1. The van der Waals surface area contributed by atoms with Crippen LogP contribution in [0.5, 0.6) is 0 Å². The highest BCUT2D eigenvalue weighted by Gasteiger charge is 2.78. The number of carbonyl (C=O) groups is 1.